The molecule has 0 N–H and O–H groups in total. The van der Waals surface area contributed by atoms with Crippen LogP contribution in [0.15, 0.2) is 231 Å². The Morgan fingerprint density at radius 2 is 0.645 bits per heavy atom. The van der Waals surface area contributed by atoms with Crippen LogP contribution >= 0.6 is 0 Å². The van der Waals surface area contributed by atoms with E-state index in [-0.39, 0.29) is 0 Å². The molecule has 0 atom stereocenters. The third-order valence-corrected chi connectivity index (χ3v) is 11.5. The second-order valence-electron chi connectivity index (χ2n) is 15.4. The van der Waals surface area contributed by atoms with Crippen molar-refractivity contribution in [2.45, 2.75) is 0 Å². The van der Waals surface area contributed by atoms with E-state index in [1.54, 1.807) is 0 Å². The van der Waals surface area contributed by atoms with E-state index in [0.717, 1.165) is 100 Å². The van der Waals surface area contributed by atoms with Crippen LogP contribution in [0, 0.1) is 0 Å². The van der Waals surface area contributed by atoms with Crippen LogP contribution in [0.3, 0.4) is 0 Å². The third kappa shape index (κ3) is 7.20. The van der Waals surface area contributed by atoms with E-state index in [2.05, 4.69) is 194 Å². The maximum absolute atomic E-state index is 5.31. The van der Waals surface area contributed by atoms with Gasteiger partial charge in [0.1, 0.15) is 0 Å². The van der Waals surface area contributed by atoms with Crippen molar-refractivity contribution in [2.75, 3.05) is 0 Å². The zero-order valence-corrected chi connectivity index (χ0v) is 33.7. The Bertz CT molecular complexity index is 3350. The Hall–Kier alpha value is -8.34. The normalized spacial score (nSPS) is 11.2. The molecule has 0 amide bonds. The average molecular weight is 791 g/mol. The summed E-state index contributed by atoms with van der Waals surface area (Å²) in [4.78, 5) is 20.7. The molecule has 0 saturated heterocycles. The van der Waals surface area contributed by atoms with Gasteiger partial charge in [0.25, 0.3) is 0 Å². The maximum atomic E-state index is 5.31. The molecule has 0 radical (unpaired) electrons. The van der Waals surface area contributed by atoms with Crippen LogP contribution < -0.4 is 0 Å². The molecule has 0 saturated carbocycles. The van der Waals surface area contributed by atoms with E-state index < -0.39 is 0 Å². The van der Waals surface area contributed by atoms with Crippen molar-refractivity contribution in [3.63, 3.8) is 0 Å². The molecule has 0 unspecified atom stereocenters. The van der Waals surface area contributed by atoms with Crippen LogP contribution in [-0.4, -0.2) is 19.9 Å². The van der Waals surface area contributed by atoms with Gasteiger partial charge in [0.05, 0.1) is 33.8 Å². The Morgan fingerprint density at radius 1 is 0.226 bits per heavy atom. The number of hydrogen-bond acceptors (Lipinski definition) is 4. The molecule has 4 nitrogen and oxygen atoms in total. The number of hydrogen-bond donors (Lipinski definition) is 0. The van der Waals surface area contributed by atoms with Crippen LogP contribution in [-0.2, 0) is 0 Å². The predicted octanol–water partition coefficient (Wildman–Crippen LogP) is 14.9. The van der Waals surface area contributed by atoms with Crippen molar-refractivity contribution >= 4 is 21.8 Å². The number of benzene rings is 8. The molecule has 11 rings (SSSR count). The quantitative estimate of drug-likeness (QED) is 0.144. The molecule has 0 aliphatic rings. The molecule has 3 heterocycles. The molecule has 11 aromatic rings. The highest BCUT2D eigenvalue weighted by atomic mass is 14.9. The highest BCUT2D eigenvalue weighted by molar-refractivity contribution is 6.10. The van der Waals surface area contributed by atoms with Gasteiger partial charge in [0.15, 0.2) is 5.82 Å². The standard InChI is InChI=1S/C58H38N4/c1-5-14-39(15-6-1)40-26-30-47(31-27-40)58-61-54(44-20-11-4-12-21-44)38-55(62-58)45-28-24-41(25-29-45)48-22-13-23-49(36-48)51-37-53(43-18-9-3-10-19-43)60-57-50(51)34-32-46-33-35-52(59-56(46)57)42-16-7-2-8-17-42/h1-38H. The van der Waals surface area contributed by atoms with E-state index in [0.29, 0.717) is 5.82 Å². The fraction of sp³-hybridized carbons (Fsp3) is 0. The Kier molecular flexibility index (Phi) is 9.49. The van der Waals surface area contributed by atoms with Crippen molar-refractivity contribution in [1.29, 1.82) is 0 Å². The first-order valence-corrected chi connectivity index (χ1v) is 20.9. The van der Waals surface area contributed by atoms with Crippen molar-refractivity contribution in [1.82, 2.24) is 19.9 Å². The lowest BCUT2D eigenvalue weighted by molar-refractivity contribution is 1.18. The van der Waals surface area contributed by atoms with Gasteiger partial charge in [-0.05, 0) is 57.6 Å². The van der Waals surface area contributed by atoms with Gasteiger partial charge in [-0.15, -0.1) is 0 Å². The summed E-state index contributed by atoms with van der Waals surface area (Å²) in [6.07, 6.45) is 0. The highest BCUT2D eigenvalue weighted by Gasteiger charge is 2.16. The minimum atomic E-state index is 0.691. The molecule has 3 aromatic heterocycles. The van der Waals surface area contributed by atoms with E-state index in [1.165, 1.54) is 5.56 Å². The van der Waals surface area contributed by atoms with Gasteiger partial charge in [-0.1, -0.05) is 206 Å². The minimum Gasteiger partial charge on any atom is -0.245 e. The van der Waals surface area contributed by atoms with Gasteiger partial charge >= 0.3 is 0 Å². The molecule has 0 spiro atoms. The summed E-state index contributed by atoms with van der Waals surface area (Å²) < 4.78 is 0. The van der Waals surface area contributed by atoms with Crippen molar-refractivity contribution in [2.24, 2.45) is 0 Å². The smallest absolute Gasteiger partial charge is 0.160 e. The van der Waals surface area contributed by atoms with Gasteiger partial charge in [0.2, 0.25) is 0 Å². The van der Waals surface area contributed by atoms with Gasteiger partial charge < -0.3 is 0 Å². The minimum absolute atomic E-state index is 0.691. The van der Waals surface area contributed by atoms with Crippen LogP contribution in [0.1, 0.15) is 0 Å². The zero-order valence-electron chi connectivity index (χ0n) is 33.7. The van der Waals surface area contributed by atoms with Gasteiger partial charge in [-0.2, -0.15) is 0 Å². The summed E-state index contributed by atoms with van der Waals surface area (Å²) in [7, 11) is 0. The molecule has 290 valence electrons. The van der Waals surface area contributed by atoms with Crippen molar-refractivity contribution in [3.8, 4) is 89.8 Å². The number of fused-ring (bicyclic) bond motifs is 3. The molecule has 0 aliphatic heterocycles. The number of pyridine rings is 2. The Balaban J connectivity index is 0.978. The molecule has 0 aliphatic carbocycles. The van der Waals surface area contributed by atoms with E-state index >= 15 is 0 Å². The lowest BCUT2D eigenvalue weighted by Crippen LogP contribution is -1.96. The average Bonchev–Trinajstić information content (AvgIpc) is 3.37. The van der Waals surface area contributed by atoms with E-state index in [9.17, 15) is 0 Å². The van der Waals surface area contributed by atoms with E-state index in [4.69, 9.17) is 19.9 Å². The Labute approximate surface area is 360 Å². The fourth-order valence-electron chi connectivity index (χ4n) is 8.26. The number of rotatable bonds is 8. The SMILES string of the molecule is c1ccc(-c2ccc(-c3nc(-c4ccccc4)cc(-c4ccc(-c5cccc(-c6cc(-c7ccccc7)nc7c6ccc6ccc(-c8ccccc8)nc67)c5)cc4)n3)cc2)cc1. The summed E-state index contributed by atoms with van der Waals surface area (Å²) in [5, 5.41) is 2.12. The second-order valence-corrected chi connectivity index (χ2v) is 15.4. The first-order chi connectivity index (χ1) is 30.7. The van der Waals surface area contributed by atoms with Crippen LogP contribution in [0.5, 0.6) is 0 Å². The lowest BCUT2D eigenvalue weighted by atomic mass is 9.94. The number of nitrogens with zero attached hydrogens (tertiary/aromatic N) is 4. The van der Waals surface area contributed by atoms with Gasteiger partial charge in [-0.3, -0.25) is 0 Å². The lowest BCUT2D eigenvalue weighted by Gasteiger charge is -2.14. The van der Waals surface area contributed by atoms with E-state index in [1.807, 2.05) is 36.4 Å². The highest BCUT2D eigenvalue weighted by Crippen LogP contribution is 2.38. The molecule has 4 heteroatoms. The van der Waals surface area contributed by atoms with Gasteiger partial charge in [0, 0.05) is 38.6 Å². The molecular formula is C58H38N4. The third-order valence-electron chi connectivity index (χ3n) is 11.5. The first kappa shape index (κ1) is 36.7. The molecular weight excluding hydrogens is 753 g/mol. The molecule has 0 bridgehead atoms. The van der Waals surface area contributed by atoms with Crippen LogP contribution in [0.25, 0.3) is 112 Å². The zero-order chi connectivity index (χ0) is 41.2. The summed E-state index contributed by atoms with van der Waals surface area (Å²) in [5.41, 5.74) is 17.3. The van der Waals surface area contributed by atoms with Crippen molar-refractivity contribution in [3.05, 3.63) is 231 Å². The topological polar surface area (TPSA) is 51.6 Å². The molecule has 8 aromatic carbocycles. The van der Waals surface area contributed by atoms with Crippen LogP contribution in [0.4, 0.5) is 0 Å². The maximum Gasteiger partial charge on any atom is 0.160 e. The summed E-state index contributed by atoms with van der Waals surface area (Å²) in [5.74, 6) is 0.691. The number of aromatic nitrogens is 4. The molecule has 62 heavy (non-hydrogen) atoms. The molecule has 0 fully saturated rings. The predicted molar refractivity (Wildman–Crippen MR) is 256 cm³/mol. The summed E-state index contributed by atoms with van der Waals surface area (Å²) >= 11 is 0. The summed E-state index contributed by atoms with van der Waals surface area (Å²) in [6, 6.07) is 80.4. The monoisotopic (exact) mass is 790 g/mol. The summed E-state index contributed by atoms with van der Waals surface area (Å²) in [6.45, 7) is 0. The second kappa shape index (κ2) is 16.0. The Morgan fingerprint density at radius 3 is 1.26 bits per heavy atom. The first-order valence-electron chi connectivity index (χ1n) is 20.9. The van der Waals surface area contributed by atoms with Crippen LogP contribution in [0.2, 0.25) is 0 Å². The van der Waals surface area contributed by atoms with Gasteiger partial charge in [-0.25, -0.2) is 19.9 Å². The fourth-order valence-corrected chi connectivity index (χ4v) is 8.26. The van der Waals surface area contributed by atoms with Crippen molar-refractivity contribution < 1.29 is 0 Å². The largest absolute Gasteiger partial charge is 0.245 e.